The zero-order valence-electron chi connectivity index (χ0n) is 22.9. The highest BCUT2D eigenvalue weighted by Crippen LogP contribution is 2.68. The maximum Gasteiger partial charge on any atom is 0.192 e. The predicted molar refractivity (Wildman–Crippen MR) is 138 cm³/mol. The first kappa shape index (κ1) is 25.2. The molecule has 0 aromatic carbocycles. The summed E-state index contributed by atoms with van der Waals surface area (Å²) < 4.78 is 7.12. The molecule has 186 valence electrons. The highest BCUT2D eigenvalue weighted by atomic mass is 28.4. The second kappa shape index (κ2) is 8.09. The van der Waals surface area contributed by atoms with Crippen molar-refractivity contribution in [3.63, 3.8) is 0 Å². The molecule has 0 spiro atoms. The van der Waals surface area contributed by atoms with Crippen molar-refractivity contribution in [1.29, 1.82) is 0 Å². The van der Waals surface area contributed by atoms with Gasteiger partial charge in [-0.05, 0) is 116 Å². The van der Waals surface area contributed by atoms with E-state index in [1.165, 1.54) is 44.9 Å². The molecule has 1 unspecified atom stereocenters. The molecule has 0 radical (unpaired) electrons. The van der Waals surface area contributed by atoms with Crippen molar-refractivity contribution in [3.8, 4) is 0 Å². The van der Waals surface area contributed by atoms with Gasteiger partial charge < -0.3 is 9.53 Å². The molecule has 0 saturated heterocycles. The lowest BCUT2D eigenvalue weighted by Crippen LogP contribution is -2.58. The summed E-state index contributed by atoms with van der Waals surface area (Å²) in [5.41, 5.74) is 0.415. The van der Waals surface area contributed by atoms with E-state index in [0.717, 1.165) is 42.9 Å². The monoisotopic (exact) mass is 462 g/mol. The van der Waals surface area contributed by atoms with E-state index in [4.69, 9.17) is 4.43 Å². The Kier molecular flexibility index (Phi) is 6.38. The lowest BCUT2D eigenvalue weighted by atomic mass is 9.44. The van der Waals surface area contributed by atoms with E-state index in [1.54, 1.807) is 0 Å². The molecule has 3 heteroatoms. The van der Waals surface area contributed by atoms with E-state index in [0.29, 0.717) is 27.9 Å². The minimum atomic E-state index is -1.74. The second-order valence-corrected chi connectivity index (χ2v) is 19.5. The molecule has 32 heavy (non-hydrogen) atoms. The Labute approximate surface area is 200 Å². The normalized spacial score (nSPS) is 48.0. The van der Waals surface area contributed by atoms with Gasteiger partial charge in [0.1, 0.15) is 0 Å². The van der Waals surface area contributed by atoms with Gasteiger partial charge >= 0.3 is 0 Å². The highest BCUT2D eigenvalue weighted by molar-refractivity contribution is 6.74. The summed E-state index contributed by atoms with van der Waals surface area (Å²) in [6, 6.07) is 0. The van der Waals surface area contributed by atoms with Crippen LogP contribution in [0.25, 0.3) is 0 Å². The smallest absolute Gasteiger partial charge is 0.192 e. The Bertz CT molecular complexity index is 698. The number of hydrogen-bond acceptors (Lipinski definition) is 2. The minimum absolute atomic E-state index is 0.290. The molecule has 9 atom stereocenters. The molecule has 4 rings (SSSR count). The summed E-state index contributed by atoms with van der Waals surface area (Å²) in [6.45, 7) is 21.8. The fourth-order valence-electron chi connectivity index (χ4n) is 8.78. The summed E-state index contributed by atoms with van der Waals surface area (Å²) >= 11 is 0. The third-order valence-corrected chi connectivity index (χ3v) is 16.9. The molecule has 4 aliphatic carbocycles. The van der Waals surface area contributed by atoms with E-state index in [9.17, 15) is 5.11 Å². The molecule has 0 bridgehead atoms. The third-order valence-electron chi connectivity index (χ3n) is 12.4. The van der Waals surface area contributed by atoms with Gasteiger partial charge in [0.15, 0.2) is 8.32 Å². The average molecular weight is 463 g/mol. The third kappa shape index (κ3) is 3.79. The van der Waals surface area contributed by atoms with Gasteiger partial charge in [0.05, 0.1) is 11.7 Å². The van der Waals surface area contributed by atoms with Crippen molar-refractivity contribution in [2.24, 2.45) is 40.4 Å². The Morgan fingerprint density at radius 1 is 0.938 bits per heavy atom. The van der Waals surface area contributed by atoms with Crippen molar-refractivity contribution < 1.29 is 9.53 Å². The van der Waals surface area contributed by atoms with E-state index in [-0.39, 0.29) is 0 Å². The summed E-state index contributed by atoms with van der Waals surface area (Å²) in [5, 5.41) is 11.8. The van der Waals surface area contributed by atoms with Crippen LogP contribution in [0.4, 0.5) is 0 Å². The zero-order chi connectivity index (χ0) is 23.7. The van der Waals surface area contributed by atoms with Crippen LogP contribution in [0, 0.1) is 40.4 Å². The lowest BCUT2D eigenvalue weighted by molar-refractivity contribution is -0.165. The SMILES string of the molecule is CCC(C)[C@@]1(O)CC[C@@]2(C)[C@@H](CC[C@@H]3[C@@H]2CC[C@]2(C)[C@@H](O[Si](C)(C)C(C)(C)C)CC[C@@H]32)C1. The molecular formula is C29H54O2Si. The number of rotatable bonds is 4. The first-order valence-electron chi connectivity index (χ1n) is 14.1. The molecule has 1 N–H and O–H groups in total. The number of fused-ring (bicyclic) bond motifs is 5. The van der Waals surface area contributed by atoms with Crippen LogP contribution in [0.2, 0.25) is 18.1 Å². The molecule has 4 aliphatic rings. The largest absolute Gasteiger partial charge is 0.413 e. The van der Waals surface area contributed by atoms with Crippen LogP contribution in [0.3, 0.4) is 0 Å². The molecule has 0 aromatic rings. The second-order valence-electron chi connectivity index (χ2n) is 14.8. The average Bonchev–Trinajstić information content (AvgIpc) is 3.03. The quantitative estimate of drug-likeness (QED) is 0.427. The van der Waals surface area contributed by atoms with Crippen molar-refractivity contribution in [2.75, 3.05) is 0 Å². The molecule has 0 aliphatic heterocycles. The van der Waals surface area contributed by atoms with Gasteiger partial charge in [-0.25, -0.2) is 0 Å². The van der Waals surface area contributed by atoms with Crippen LogP contribution in [-0.4, -0.2) is 25.1 Å². The highest BCUT2D eigenvalue weighted by Gasteiger charge is 2.62. The van der Waals surface area contributed by atoms with Gasteiger partial charge in [-0.1, -0.05) is 54.9 Å². The van der Waals surface area contributed by atoms with E-state index in [1.807, 2.05) is 0 Å². The lowest BCUT2D eigenvalue weighted by Gasteiger charge is -2.62. The Hall–Kier alpha value is 0.137. The first-order chi connectivity index (χ1) is 14.7. The fourth-order valence-corrected chi connectivity index (χ4v) is 10.2. The molecule has 2 nitrogen and oxygen atoms in total. The van der Waals surface area contributed by atoms with Gasteiger partial charge in [-0.2, -0.15) is 0 Å². The summed E-state index contributed by atoms with van der Waals surface area (Å²) in [7, 11) is -1.74. The topological polar surface area (TPSA) is 29.5 Å². The molecule has 0 heterocycles. The Morgan fingerprint density at radius 3 is 2.22 bits per heavy atom. The predicted octanol–water partition coefficient (Wildman–Crippen LogP) is 8.20. The molecule has 4 fully saturated rings. The van der Waals surface area contributed by atoms with Gasteiger partial charge in [-0.3, -0.25) is 0 Å². The van der Waals surface area contributed by atoms with Gasteiger partial charge in [0.2, 0.25) is 0 Å². The van der Waals surface area contributed by atoms with Gasteiger partial charge in [0.25, 0.3) is 0 Å². The van der Waals surface area contributed by atoms with Crippen LogP contribution in [-0.2, 0) is 4.43 Å². The van der Waals surface area contributed by atoms with Crippen LogP contribution < -0.4 is 0 Å². The van der Waals surface area contributed by atoms with Gasteiger partial charge in [0, 0.05) is 0 Å². The first-order valence-corrected chi connectivity index (χ1v) is 17.0. The number of hydrogen-bond donors (Lipinski definition) is 1. The van der Waals surface area contributed by atoms with Crippen LogP contribution in [0.1, 0.15) is 113 Å². The molecule has 4 saturated carbocycles. The van der Waals surface area contributed by atoms with Crippen molar-refractivity contribution >= 4 is 8.32 Å². The fraction of sp³-hybridized carbons (Fsp3) is 1.00. The zero-order valence-corrected chi connectivity index (χ0v) is 23.9. The minimum Gasteiger partial charge on any atom is -0.413 e. The molecule has 0 amide bonds. The maximum absolute atomic E-state index is 11.5. The standard InChI is InChI=1S/C29H54O2Si/c1-10-20(2)29(30)18-17-27(6)21(19-29)11-12-22-23-13-14-25(28(23,7)16-15-24(22)27)31-32(8,9)26(3,4)5/h20-25,30H,10-19H2,1-9H3/t20?,21-,22-,23-,24-,25-,27-,28-,29+/m0/s1. The van der Waals surface area contributed by atoms with E-state index in [2.05, 4.69) is 61.6 Å². The number of aliphatic hydroxyl groups is 1. The van der Waals surface area contributed by atoms with Gasteiger partial charge in [-0.15, -0.1) is 0 Å². The van der Waals surface area contributed by atoms with Crippen LogP contribution in [0.15, 0.2) is 0 Å². The van der Waals surface area contributed by atoms with Crippen LogP contribution in [0.5, 0.6) is 0 Å². The maximum atomic E-state index is 11.5. The molecular weight excluding hydrogens is 408 g/mol. The van der Waals surface area contributed by atoms with E-state index < -0.39 is 13.9 Å². The van der Waals surface area contributed by atoms with Crippen molar-refractivity contribution in [1.82, 2.24) is 0 Å². The summed E-state index contributed by atoms with van der Waals surface area (Å²) in [4.78, 5) is 0. The summed E-state index contributed by atoms with van der Waals surface area (Å²) in [6.07, 6.45) is 13.1. The van der Waals surface area contributed by atoms with Crippen LogP contribution >= 0.6 is 0 Å². The van der Waals surface area contributed by atoms with Crippen molar-refractivity contribution in [2.45, 2.75) is 143 Å². The Morgan fingerprint density at radius 2 is 1.59 bits per heavy atom. The summed E-state index contributed by atoms with van der Waals surface area (Å²) in [5.74, 6) is 3.76. The molecule has 0 aromatic heterocycles. The Balaban J connectivity index is 1.52. The van der Waals surface area contributed by atoms with E-state index >= 15 is 0 Å². The van der Waals surface area contributed by atoms with Crippen molar-refractivity contribution in [3.05, 3.63) is 0 Å².